The minimum absolute atomic E-state index is 0.0440. The number of alkyl halides is 4. The normalized spacial score (nSPS) is 14.9. The van der Waals surface area contributed by atoms with Gasteiger partial charge in [0.2, 0.25) is 5.91 Å². The molecule has 0 spiro atoms. The molecule has 1 aromatic carbocycles. The van der Waals surface area contributed by atoms with Crippen molar-refractivity contribution in [3.05, 3.63) is 52.3 Å². The van der Waals surface area contributed by atoms with Crippen LogP contribution in [0.3, 0.4) is 0 Å². The molecule has 0 bridgehead atoms. The van der Waals surface area contributed by atoms with Gasteiger partial charge >= 0.3 is 11.9 Å². The van der Waals surface area contributed by atoms with Crippen LogP contribution in [0.15, 0.2) is 35.3 Å². The summed E-state index contributed by atoms with van der Waals surface area (Å²) < 4.78 is 68.0. The second-order valence-electron chi connectivity index (χ2n) is 7.08. The van der Waals surface area contributed by atoms with Gasteiger partial charge in [-0.2, -0.15) is 13.2 Å². The highest BCUT2D eigenvalue weighted by Gasteiger charge is 2.34. The Morgan fingerprint density at radius 2 is 1.90 bits per heavy atom. The van der Waals surface area contributed by atoms with E-state index >= 15 is 0 Å². The van der Waals surface area contributed by atoms with Crippen molar-refractivity contribution in [2.24, 2.45) is 7.05 Å². The molecular formula is C19H15F5N4O2. The standard InChI is InChI=1S/C19H15F5N4O2/c1-26-17-15(28(18(26)30)9-16(29)27-7-12(20)8-27)5-11(6-25-17)10-2-3-14(21)13(4-10)19(22,23)24/h2-6,12H,7-9H2,1H3. The Kier molecular flexibility index (Phi) is 4.63. The second kappa shape index (κ2) is 6.92. The molecule has 0 saturated carbocycles. The molecule has 1 fully saturated rings. The topological polar surface area (TPSA) is 60.1 Å². The van der Waals surface area contributed by atoms with Gasteiger partial charge < -0.3 is 4.90 Å². The fourth-order valence-corrected chi connectivity index (χ4v) is 3.37. The van der Waals surface area contributed by atoms with Gasteiger partial charge in [-0.1, -0.05) is 6.07 Å². The van der Waals surface area contributed by atoms with E-state index in [1.54, 1.807) is 0 Å². The molecule has 0 radical (unpaired) electrons. The highest BCUT2D eigenvalue weighted by Crippen LogP contribution is 2.34. The number of nitrogens with zero attached hydrogens (tertiary/aromatic N) is 4. The number of amides is 1. The van der Waals surface area contributed by atoms with Crippen molar-refractivity contribution in [2.45, 2.75) is 18.9 Å². The number of halogens is 5. The van der Waals surface area contributed by atoms with E-state index in [-0.39, 0.29) is 41.9 Å². The number of aryl methyl sites for hydroxylation is 1. The maximum absolute atomic E-state index is 13.6. The van der Waals surface area contributed by atoms with Crippen molar-refractivity contribution in [1.82, 2.24) is 19.0 Å². The van der Waals surface area contributed by atoms with Gasteiger partial charge in [-0.25, -0.2) is 18.6 Å². The Balaban J connectivity index is 1.77. The first-order valence-corrected chi connectivity index (χ1v) is 8.90. The number of pyridine rings is 1. The van der Waals surface area contributed by atoms with Crippen LogP contribution in [-0.2, 0) is 24.6 Å². The lowest BCUT2D eigenvalue weighted by Gasteiger charge is -2.34. The predicted molar refractivity (Wildman–Crippen MR) is 96.8 cm³/mol. The van der Waals surface area contributed by atoms with E-state index in [4.69, 9.17) is 0 Å². The van der Waals surface area contributed by atoms with Gasteiger partial charge in [-0.15, -0.1) is 0 Å². The van der Waals surface area contributed by atoms with Gasteiger partial charge in [0.15, 0.2) is 5.65 Å². The van der Waals surface area contributed by atoms with Crippen molar-refractivity contribution in [3.8, 4) is 11.1 Å². The smallest absolute Gasteiger partial charge is 0.335 e. The maximum Gasteiger partial charge on any atom is 0.419 e. The third-order valence-corrected chi connectivity index (χ3v) is 5.06. The third kappa shape index (κ3) is 3.33. The molecule has 0 unspecified atom stereocenters. The minimum atomic E-state index is -4.87. The molecule has 3 heterocycles. The number of hydrogen-bond acceptors (Lipinski definition) is 3. The number of likely N-dealkylation sites (tertiary alicyclic amines) is 1. The van der Waals surface area contributed by atoms with Gasteiger partial charge in [-0.05, 0) is 23.8 Å². The largest absolute Gasteiger partial charge is 0.419 e. The molecule has 1 amide bonds. The molecule has 2 aromatic heterocycles. The predicted octanol–water partition coefficient (Wildman–Crippen LogP) is 2.74. The van der Waals surface area contributed by atoms with Crippen molar-refractivity contribution in [2.75, 3.05) is 13.1 Å². The highest BCUT2D eigenvalue weighted by molar-refractivity contribution is 5.82. The zero-order valence-electron chi connectivity index (χ0n) is 15.6. The molecule has 11 heteroatoms. The van der Waals surface area contributed by atoms with Crippen LogP contribution in [-0.4, -0.2) is 44.2 Å². The summed E-state index contributed by atoms with van der Waals surface area (Å²) in [5.74, 6) is -1.85. The molecule has 1 aliphatic rings. The molecule has 30 heavy (non-hydrogen) atoms. The summed E-state index contributed by atoms with van der Waals surface area (Å²) in [7, 11) is 1.44. The average molecular weight is 426 g/mol. The Hall–Kier alpha value is -3.24. The first-order valence-electron chi connectivity index (χ1n) is 8.90. The summed E-state index contributed by atoms with van der Waals surface area (Å²) in [4.78, 5) is 30.2. The molecular weight excluding hydrogens is 411 g/mol. The van der Waals surface area contributed by atoms with E-state index in [2.05, 4.69) is 4.98 Å². The quantitative estimate of drug-likeness (QED) is 0.606. The Morgan fingerprint density at radius 1 is 1.20 bits per heavy atom. The molecule has 3 aromatic rings. The Bertz CT molecular complexity index is 1210. The van der Waals surface area contributed by atoms with Crippen LogP contribution in [0.5, 0.6) is 0 Å². The molecule has 4 rings (SSSR count). The van der Waals surface area contributed by atoms with Crippen LogP contribution in [0, 0.1) is 5.82 Å². The van der Waals surface area contributed by atoms with Crippen molar-refractivity contribution < 1.29 is 26.7 Å². The van der Waals surface area contributed by atoms with Crippen LogP contribution in [0.25, 0.3) is 22.3 Å². The molecule has 1 aliphatic heterocycles. The summed E-state index contributed by atoms with van der Waals surface area (Å²) >= 11 is 0. The van der Waals surface area contributed by atoms with Gasteiger partial charge in [0.1, 0.15) is 18.5 Å². The van der Waals surface area contributed by atoms with Crippen LogP contribution >= 0.6 is 0 Å². The van der Waals surface area contributed by atoms with Gasteiger partial charge in [0, 0.05) is 18.8 Å². The number of imidazole rings is 1. The Labute approximate surface area is 166 Å². The van der Waals surface area contributed by atoms with E-state index in [1.807, 2.05) is 0 Å². The minimum Gasteiger partial charge on any atom is -0.335 e. The summed E-state index contributed by atoms with van der Waals surface area (Å²) in [6.07, 6.45) is -4.69. The van der Waals surface area contributed by atoms with Crippen molar-refractivity contribution in [1.29, 1.82) is 0 Å². The molecule has 0 N–H and O–H groups in total. The van der Waals surface area contributed by atoms with Gasteiger partial charge in [-0.3, -0.25) is 13.9 Å². The zero-order valence-corrected chi connectivity index (χ0v) is 15.6. The highest BCUT2D eigenvalue weighted by atomic mass is 19.4. The van der Waals surface area contributed by atoms with Crippen LogP contribution < -0.4 is 5.69 Å². The molecule has 158 valence electrons. The van der Waals surface area contributed by atoms with Gasteiger partial charge in [0.25, 0.3) is 0 Å². The number of aromatic nitrogens is 3. The van der Waals surface area contributed by atoms with E-state index in [0.717, 1.165) is 4.57 Å². The van der Waals surface area contributed by atoms with E-state index in [0.29, 0.717) is 12.1 Å². The maximum atomic E-state index is 13.6. The lowest BCUT2D eigenvalue weighted by molar-refractivity contribution is -0.140. The molecule has 0 aliphatic carbocycles. The number of fused-ring (bicyclic) bond motifs is 1. The average Bonchev–Trinajstić information content (AvgIpc) is 2.89. The first kappa shape index (κ1) is 20.0. The third-order valence-electron chi connectivity index (χ3n) is 5.06. The fourth-order valence-electron chi connectivity index (χ4n) is 3.37. The van der Waals surface area contributed by atoms with Crippen LogP contribution in [0.1, 0.15) is 5.56 Å². The first-order chi connectivity index (χ1) is 14.1. The van der Waals surface area contributed by atoms with Crippen molar-refractivity contribution >= 4 is 17.1 Å². The van der Waals surface area contributed by atoms with Crippen LogP contribution in [0.4, 0.5) is 22.0 Å². The number of rotatable bonds is 3. The number of hydrogen-bond donors (Lipinski definition) is 0. The molecule has 6 nitrogen and oxygen atoms in total. The summed E-state index contributed by atoms with van der Waals surface area (Å²) in [6, 6.07) is 3.96. The van der Waals surface area contributed by atoms with E-state index in [9.17, 15) is 31.5 Å². The van der Waals surface area contributed by atoms with Gasteiger partial charge in [0.05, 0.1) is 24.2 Å². The van der Waals surface area contributed by atoms with Crippen LogP contribution in [0.2, 0.25) is 0 Å². The number of benzene rings is 1. The fraction of sp³-hybridized carbons (Fsp3) is 0.316. The van der Waals surface area contributed by atoms with E-state index < -0.39 is 35.3 Å². The summed E-state index contributed by atoms with van der Waals surface area (Å²) in [5, 5.41) is 0. The summed E-state index contributed by atoms with van der Waals surface area (Å²) in [5.41, 5.74) is -1.25. The summed E-state index contributed by atoms with van der Waals surface area (Å²) in [6.45, 7) is -0.444. The zero-order chi connectivity index (χ0) is 21.8. The second-order valence-corrected chi connectivity index (χ2v) is 7.08. The number of carbonyl (C=O) groups excluding carboxylic acids is 1. The SMILES string of the molecule is Cn1c(=O)n(CC(=O)N2CC(F)C2)c2cc(-c3ccc(F)c(C(F)(F)F)c3)cnc21. The Morgan fingerprint density at radius 3 is 2.53 bits per heavy atom. The molecule has 1 saturated heterocycles. The van der Waals surface area contributed by atoms with E-state index in [1.165, 1.54) is 34.8 Å². The lowest BCUT2D eigenvalue weighted by atomic mass is 10.0. The van der Waals surface area contributed by atoms with Crippen molar-refractivity contribution in [3.63, 3.8) is 0 Å². The molecule has 0 atom stereocenters. The number of carbonyl (C=O) groups is 1. The lowest BCUT2D eigenvalue weighted by Crippen LogP contribution is -2.52. The monoisotopic (exact) mass is 426 g/mol.